The molecule has 2 aromatic rings. The third-order valence-electron chi connectivity index (χ3n) is 5.22. The lowest BCUT2D eigenvalue weighted by Crippen LogP contribution is -2.39. The Morgan fingerprint density at radius 2 is 2.06 bits per heavy atom. The van der Waals surface area contributed by atoms with Crippen molar-refractivity contribution in [1.29, 1.82) is 0 Å². The summed E-state index contributed by atoms with van der Waals surface area (Å²) < 4.78 is 11.4. The molecule has 0 saturated heterocycles. The molecule has 1 unspecified atom stereocenters. The van der Waals surface area contributed by atoms with E-state index in [4.69, 9.17) is 14.5 Å². The van der Waals surface area contributed by atoms with Crippen LogP contribution >= 0.6 is 11.8 Å². The first-order valence-corrected chi connectivity index (χ1v) is 11.4. The van der Waals surface area contributed by atoms with E-state index in [1.807, 2.05) is 25.1 Å². The zero-order valence-electron chi connectivity index (χ0n) is 18.6. The molecule has 8 heteroatoms. The summed E-state index contributed by atoms with van der Waals surface area (Å²) in [4.78, 5) is 24.2. The van der Waals surface area contributed by atoms with Crippen molar-refractivity contribution in [1.82, 2.24) is 9.88 Å². The summed E-state index contributed by atoms with van der Waals surface area (Å²) in [5.41, 5.74) is 0.733. The first-order chi connectivity index (χ1) is 15.0. The predicted octanol–water partition coefficient (Wildman–Crippen LogP) is 3.70. The second kappa shape index (κ2) is 10.6. The van der Waals surface area contributed by atoms with Gasteiger partial charge < -0.3 is 19.7 Å². The number of anilines is 1. The fraction of sp³-hybridized carbons (Fsp3) is 0.435. The van der Waals surface area contributed by atoms with Crippen molar-refractivity contribution in [2.75, 3.05) is 44.4 Å². The van der Waals surface area contributed by atoms with Crippen LogP contribution in [0, 0.1) is 0 Å². The van der Waals surface area contributed by atoms with Crippen LogP contribution < -0.4 is 14.8 Å². The smallest absolute Gasteiger partial charge is 0.252 e. The van der Waals surface area contributed by atoms with E-state index in [9.17, 15) is 4.79 Å². The average molecular weight is 443 g/mol. The molecule has 31 heavy (non-hydrogen) atoms. The number of thioether (sulfide) groups is 1. The summed E-state index contributed by atoms with van der Waals surface area (Å²) in [6.45, 7) is 9.44. The molecular weight excluding hydrogens is 412 g/mol. The SMILES string of the molecule is CCN(CC)CCOc1cc(NC(=O)C2(C)CSC(c3cccnc3)=N2)ccc1OC. The summed E-state index contributed by atoms with van der Waals surface area (Å²) in [5, 5.41) is 3.82. The Hall–Kier alpha value is -2.58. The summed E-state index contributed by atoms with van der Waals surface area (Å²) in [6, 6.07) is 9.24. The molecule has 1 atom stereocenters. The maximum Gasteiger partial charge on any atom is 0.252 e. The predicted molar refractivity (Wildman–Crippen MR) is 127 cm³/mol. The number of aromatic nitrogens is 1. The van der Waals surface area contributed by atoms with E-state index in [1.165, 1.54) is 0 Å². The van der Waals surface area contributed by atoms with Crippen LogP contribution in [0.15, 0.2) is 47.7 Å². The molecule has 2 heterocycles. The standard InChI is InChI=1S/C23H30N4O3S/c1-5-27(6-2)12-13-30-20-14-18(9-10-19(20)29-4)25-22(28)23(3)16-31-21(26-23)17-8-7-11-24-15-17/h7-11,14-15H,5-6,12-13,16H2,1-4H3,(H,25,28). The van der Waals surface area contributed by atoms with Gasteiger partial charge in [0.25, 0.3) is 5.91 Å². The average Bonchev–Trinajstić information content (AvgIpc) is 3.21. The van der Waals surface area contributed by atoms with Crippen molar-refractivity contribution in [3.63, 3.8) is 0 Å². The molecule has 3 rings (SSSR count). The van der Waals surface area contributed by atoms with E-state index in [0.29, 0.717) is 29.5 Å². The maximum absolute atomic E-state index is 13.0. The van der Waals surface area contributed by atoms with Crippen LogP contribution in [0.4, 0.5) is 5.69 Å². The van der Waals surface area contributed by atoms with Gasteiger partial charge in [-0.1, -0.05) is 13.8 Å². The molecule has 1 aromatic heterocycles. The molecule has 1 N–H and O–H groups in total. The zero-order valence-corrected chi connectivity index (χ0v) is 19.4. The molecule has 0 spiro atoms. The number of pyridine rings is 1. The largest absolute Gasteiger partial charge is 0.493 e. The van der Waals surface area contributed by atoms with Crippen molar-refractivity contribution >= 4 is 28.4 Å². The molecule has 0 aliphatic carbocycles. The van der Waals surface area contributed by atoms with Crippen LogP contribution in [-0.2, 0) is 4.79 Å². The second-order valence-electron chi connectivity index (χ2n) is 7.42. The number of nitrogens with one attached hydrogen (secondary N) is 1. The van der Waals surface area contributed by atoms with Crippen LogP contribution in [0.1, 0.15) is 26.3 Å². The van der Waals surface area contributed by atoms with E-state index < -0.39 is 5.54 Å². The molecular formula is C23H30N4O3S. The van der Waals surface area contributed by atoms with Gasteiger partial charge in [0.15, 0.2) is 11.5 Å². The van der Waals surface area contributed by atoms with Crippen molar-refractivity contribution in [2.24, 2.45) is 4.99 Å². The summed E-state index contributed by atoms with van der Waals surface area (Å²) in [7, 11) is 1.61. The van der Waals surface area contributed by atoms with Gasteiger partial charge in [-0.25, -0.2) is 0 Å². The molecule has 0 saturated carbocycles. The van der Waals surface area contributed by atoms with Crippen LogP contribution in [-0.4, -0.2) is 65.5 Å². The Morgan fingerprint density at radius 1 is 1.26 bits per heavy atom. The zero-order chi connectivity index (χ0) is 22.3. The number of hydrogen-bond donors (Lipinski definition) is 1. The number of likely N-dealkylation sites (N-methyl/N-ethyl adjacent to an activating group) is 1. The fourth-order valence-electron chi connectivity index (χ4n) is 3.21. The van der Waals surface area contributed by atoms with Crippen molar-refractivity contribution in [3.8, 4) is 11.5 Å². The molecule has 0 fully saturated rings. The first kappa shape index (κ1) is 23.1. The van der Waals surface area contributed by atoms with Crippen LogP contribution in [0.5, 0.6) is 11.5 Å². The molecule has 1 aromatic carbocycles. The van der Waals surface area contributed by atoms with E-state index in [0.717, 1.165) is 30.2 Å². The third-order valence-corrected chi connectivity index (χ3v) is 6.52. The number of methoxy groups -OCH3 is 1. The van der Waals surface area contributed by atoms with E-state index in [1.54, 1.807) is 43.4 Å². The number of nitrogens with zero attached hydrogens (tertiary/aromatic N) is 3. The number of aliphatic imine (C=N–C) groups is 1. The van der Waals surface area contributed by atoms with Gasteiger partial charge in [0, 0.05) is 42.0 Å². The van der Waals surface area contributed by atoms with Gasteiger partial charge in [0.05, 0.1) is 7.11 Å². The minimum Gasteiger partial charge on any atom is -0.493 e. The first-order valence-electron chi connectivity index (χ1n) is 10.5. The highest BCUT2D eigenvalue weighted by molar-refractivity contribution is 8.14. The molecule has 1 aliphatic rings. The Kier molecular flexibility index (Phi) is 7.92. The Bertz CT molecular complexity index is 918. The summed E-state index contributed by atoms with van der Waals surface area (Å²) in [5.74, 6) is 1.67. The normalized spacial score (nSPS) is 18.0. The highest BCUT2D eigenvalue weighted by atomic mass is 32.2. The van der Waals surface area contributed by atoms with Gasteiger partial charge in [0.1, 0.15) is 17.2 Å². The van der Waals surface area contributed by atoms with Crippen LogP contribution in [0.25, 0.3) is 0 Å². The van der Waals surface area contributed by atoms with Gasteiger partial charge in [-0.2, -0.15) is 0 Å². The van der Waals surface area contributed by atoms with Gasteiger partial charge in [0.2, 0.25) is 0 Å². The number of benzene rings is 1. The van der Waals surface area contributed by atoms with Crippen molar-refractivity contribution < 1.29 is 14.3 Å². The number of carbonyl (C=O) groups is 1. The lowest BCUT2D eigenvalue weighted by molar-refractivity contribution is -0.119. The Balaban J connectivity index is 1.69. The van der Waals surface area contributed by atoms with Crippen LogP contribution in [0.2, 0.25) is 0 Å². The number of ether oxygens (including phenoxy) is 2. The number of amides is 1. The minimum atomic E-state index is -0.848. The fourth-order valence-corrected chi connectivity index (χ4v) is 4.38. The Morgan fingerprint density at radius 3 is 2.74 bits per heavy atom. The monoisotopic (exact) mass is 442 g/mol. The molecule has 7 nitrogen and oxygen atoms in total. The molecule has 0 bridgehead atoms. The van der Waals surface area contributed by atoms with Crippen molar-refractivity contribution in [2.45, 2.75) is 26.3 Å². The molecule has 1 amide bonds. The Labute approximate surface area is 188 Å². The lowest BCUT2D eigenvalue weighted by Gasteiger charge is -2.20. The van der Waals surface area contributed by atoms with Gasteiger partial charge in [-0.15, -0.1) is 11.8 Å². The minimum absolute atomic E-state index is 0.154. The third kappa shape index (κ3) is 5.77. The molecule has 0 radical (unpaired) electrons. The number of hydrogen-bond acceptors (Lipinski definition) is 7. The number of rotatable bonds is 10. The van der Waals surface area contributed by atoms with Crippen molar-refractivity contribution in [3.05, 3.63) is 48.3 Å². The van der Waals surface area contributed by atoms with Gasteiger partial charge in [-0.05, 0) is 44.3 Å². The van der Waals surface area contributed by atoms with E-state index in [2.05, 4.69) is 29.0 Å². The highest BCUT2D eigenvalue weighted by Crippen LogP contribution is 2.34. The quantitative estimate of drug-likeness (QED) is 0.605. The van der Waals surface area contributed by atoms with E-state index in [-0.39, 0.29) is 5.91 Å². The van der Waals surface area contributed by atoms with Gasteiger partial charge >= 0.3 is 0 Å². The topological polar surface area (TPSA) is 76.0 Å². The van der Waals surface area contributed by atoms with E-state index >= 15 is 0 Å². The summed E-state index contributed by atoms with van der Waals surface area (Å²) in [6.07, 6.45) is 3.49. The molecule has 166 valence electrons. The number of carbonyl (C=O) groups excluding carboxylic acids is 1. The maximum atomic E-state index is 13.0. The summed E-state index contributed by atoms with van der Waals surface area (Å²) >= 11 is 1.57. The second-order valence-corrected chi connectivity index (χ2v) is 8.38. The highest BCUT2D eigenvalue weighted by Gasteiger charge is 2.38. The molecule has 1 aliphatic heterocycles. The van der Waals surface area contributed by atoms with Gasteiger partial charge in [-0.3, -0.25) is 14.8 Å². The van der Waals surface area contributed by atoms with Crippen LogP contribution in [0.3, 0.4) is 0 Å². The lowest BCUT2D eigenvalue weighted by atomic mass is 10.1.